The second kappa shape index (κ2) is 8.52. The summed E-state index contributed by atoms with van der Waals surface area (Å²) in [6, 6.07) is 10.6. The van der Waals surface area contributed by atoms with Crippen LogP contribution in [0.25, 0.3) is 0 Å². The maximum Gasteiger partial charge on any atom is 0.230 e. The van der Waals surface area contributed by atoms with Crippen LogP contribution in [0.4, 0.5) is 5.69 Å². The molecule has 0 saturated heterocycles. The highest BCUT2D eigenvalue weighted by molar-refractivity contribution is 5.95. The van der Waals surface area contributed by atoms with Crippen LogP contribution in [0.2, 0.25) is 0 Å². The molecule has 1 aliphatic rings. The van der Waals surface area contributed by atoms with Crippen molar-refractivity contribution in [3.63, 3.8) is 0 Å². The van der Waals surface area contributed by atoms with Gasteiger partial charge in [-0.05, 0) is 43.2 Å². The Morgan fingerprint density at radius 3 is 2.17 bits per heavy atom. The van der Waals surface area contributed by atoms with Crippen LogP contribution in [-0.4, -0.2) is 11.9 Å². The molecule has 2 heteroatoms. The van der Waals surface area contributed by atoms with Crippen molar-refractivity contribution in [3.05, 3.63) is 30.3 Å². The van der Waals surface area contributed by atoms with Crippen molar-refractivity contribution in [2.45, 2.75) is 72.3 Å². The number of amides is 1. The molecule has 1 atom stereocenters. The molecule has 1 aliphatic carbocycles. The third-order valence-corrected chi connectivity index (χ3v) is 5.04. The predicted octanol–water partition coefficient (Wildman–Crippen LogP) is 5.67. The summed E-state index contributed by atoms with van der Waals surface area (Å²) in [7, 11) is 0. The van der Waals surface area contributed by atoms with E-state index in [0.717, 1.165) is 24.9 Å². The van der Waals surface area contributed by atoms with E-state index < -0.39 is 0 Å². The third-order valence-electron chi connectivity index (χ3n) is 5.04. The molecule has 0 bridgehead atoms. The summed E-state index contributed by atoms with van der Waals surface area (Å²) in [6.45, 7) is 9.00. The SMILES string of the molecule is CC(C)CC(C(C)C)N(C(=O)C1CCCCC1)c1ccccc1. The fourth-order valence-electron chi connectivity index (χ4n) is 3.78. The standard InChI is InChI=1S/C21H33NO/c1-16(2)15-20(17(3)4)22(19-13-9-6-10-14-19)21(23)18-11-7-5-8-12-18/h6,9-10,13-14,16-18,20H,5,7-8,11-12,15H2,1-4H3. The molecule has 128 valence electrons. The minimum Gasteiger partial charge on any atom is -0.309 e. The van der Waals surface area contributed by atoms with Crippen LogP contribution in [0.3, 0.4) is 0 Å². The van der Waals surface area contributed by atoms with Gasteiger partial charge in [0.15, 0.2) is 0 Å². The molecule has 2 nitrogen and oxygen atoms in total. The molecular weight excluding hydrogens is 282 g/mol. The van der Waals surface area contributed by atoms with E-state index in [1.807, 2.05) is 18.2 Å². The van der Waals surface area contributed by atoms with Crippen molar-refractivity contribution >= 4 is 11.6 Å². The summed E-state index contributed by atoms with van der Waals surface area (Å²) in [5.41, 5.74) is 1.07. The molecule has 1 aromatic rings. The van der Waals surface area contributed by atoms with E-state index in [0.29, 0.717) is 17.7 Å². The van der Waals surface area contributed by atoms with Gasteiger partial charge in [-0.15, -0.1) is 0 Å². The van der Waals surface area contributed by atoms with E-state index in [2.05, 4.69) is 44.7 Å². The van der Waals surface area contributed by atoms with Gasteiger partial charge in [-0.25, -0.2) is 0 Å². The molecule has 2 rings (SSSR count). The number of anilines is 1. The van der Waals surface area contributed by atoms with Gasteiger partial charge in [-0.1, -0.05) is 65.2 Å². The first-order valence-electron chi connectivity index (χ1n) is 9.38. The van der Waals surface area contributed by atoms with E-state index in [-0.39, 0.29) is 12.0 Å². The maximum absolute atomic E-state index is 13.4. The average molecular weight is 316 g/mol. The smallest absolute Gasteiger partial charge is 0.230 e. The Morgan fingerprint density at radius 2 is 1.65 bits per heavy atom. The monoisotopic (exact) mass is 315 g/mol. The lowest BCUT2D eigenvalue weighted by molar-refractivity contribution is -0.124. The summed E-state index contributed by atoms with van der Waals surface area (Å²) >= 11 is 0. The van der Waals surface area contributed by atoms with Gasteiger partial charge in [0.25, 0.3) is 0 Å². The fraction of sp³-hybridized carbons (Fsp3) is 0.667. The Hall–Kier alpha value is -1.31. The second-order valence-electron chi connectivity index (χ2n) is 7.82. The molecule has 1 unspecified atom stereocenters. The van der Waals surface area contributed by atoms with Gasteiger partial charge >= 0.3 is 0 Å². The molecule has 1 aromatic carbocycles. The maximum atomic E-state index is 13.4. The Balaban J connectivity index is 2.31. The predicted molar refractivity (Wildman–Crippen MR) is 98.6 cm³/mol. The van der Waals surface area contributed by atoms with Gasteiger partial charge in [0.05, 0.1) is 0 Å². The summed E-state index contributed by atoms with van der Waals surface area (Å²) in [6.07, 6.45) is 6.88. The van der Waals surface area contributed by atoms with Crippen LogP contribution in [-0.2, 0) is 4.79 Å². The van der Waals surface area contributed by atoms with Crippen LogP contribution in [0, 0.1) is 17.8 Å². The van der Waals surface area contributed by atoms with E-state index >= 15 is 0 Å². The van der Waals surface area contributed by atoms with Gasteiger partial charge in [0.1, 0.15) is 0 Å². The Morgan fingerprint density at radius 1 is 1.04 bits per heavy atom. The van der Waals surface area contributed by atoms with Gasteiger partial charge in [-0.2, -0.15) is 0 Å². The molecule has 0 aromatic heterocycles. The number of nitrogens with zero attached hydrogens (tertiary/aromatic N) is 1. The number of hydrogen-bond donors (Lipinski definition) is 0. The van der Waals surface area contributed by atoms with Crippen LogP contribution < -0.4 is 4.90 Å². The summed E-state index contributed by atoms with van der Waals surface area (Å²) in [5.74, 6) is 1.63. The van der Waals surface area contributed by atoms with Gasteiger partial charge in [-0.3, -0.25) is 4.79 Å². The molecule has 0 spiro atoms. The number of hydrogen-bond acceptors (Lipinski definition) is 1. The highest BCUT2D eigenvalue weighted by Gasteiger charge is 2.33. The zero-order valence-corrected chi connectivity index (χ0v) is 15.3. The van der Waals surface area contributed by atoms with Gasteiger partial charge in [0, 0.05) is 17.6 Å². The summed E-state index contributed by atoms with van der Waals surface area (Å²) in [5, 5.41) is 0. The van der Waals surface area contributed by atoms with E-state index in [1.54, 1.807) is 0 Å². The molecule has 1 fully saturated rings. The lowest BCUT2D eigenvalue weighted by Crippen LogP contribution is -2.47. The van der Waals surface area contributed by atoms with Crippen LogP contribution >= 0.6 is 0 Å². The highest BCUT2D eigenvalue weighted by atomic mass is 16.2. The Labute approximate surface area is 142 Å². The largest absolute Gasteiger partial charge is 0.309 e. The first kappa shape index (κ1) is 18.0. The zero-order valence-electron chi connectivity index (χ0n) is 15.3. The minimum absolute atomic E-state index is 0.220. The average Bonchev–Trinajstić information content (AvgIpc) is 2.55. The Bertz CT molecular complexity index is 474. The summed E-state index contributed by atoms with van der Waals surface area (Å²) in [4.78, 5) is 15.5. The molecule has 0 radical (unpaired) electrons. The molecule has 23 heavy (non-hydrogen) atoms. The number of benzene rings is 1. The van der Waals surface area contributed by atoms with E-state index in [4.69, 9.17) is 0 Å². The number of para-hydroxylation sites is 1. The van der Waals surface area contributed by atoms with E-state index in [9.17, 15) is 4.79 Å². The highest BCUT2D eigenvalue weighted by Crippen LogP contribution is 2.32. The van der Waals surface area contributed by atoms with Crippen LogP contribution in [0.5, 0.6) is 0 Å². The van der Waals surface area contributed by atoms with Gasteiger partial charge < -0.3 is 4.90 Å². The zero-order chi connectivity index (χ0) is 16.8. The molecular formula is C21H33NO. The topological polar surface area (TPSA) is 20.3 Å². The number of carbonyl (C=O) groups is 1. The van der Waals surface area contributed by atoms with Crippen molar-refractivity contribution in [3.8, 4) is 0 Å². The molecule has 1 amide bonds. The third kappa shape index (κ3) is 4.83. The quantitative estimate of drug-likeness (QED) is 0.662. The number of rotatable bonds is 6. The number of carbonyl (C=O) groups excluding carboxylic acids is 1. The van der Waals surface area contributed by atoms with Crippen molar-refractivity contribution in [1.82, 2.24) is 0 Å². The molecule has 0 heterocycles. The van der Waals surface area contributed by atoms with Crippen molar-refractivity contribution in [2.24, 2.45) is 17.8 Å². The van der Waals surface area contributed by atoms with Crippen molar-refractivity contribution in [2.75, 3.05) is 4.90 Å². The first-order valence-corrected chi connectivity index (χ1v) is 9.38. The van der Waals surface area contributed by atoms with Gasteiger partial charge in [0.2, 0.25) is 5.91 Å². The lowest BCUT2D eigenvalue weighted by atomic mass is 9.86. The Kier molecular flexibility index (Phi) is 6.68. The van der Waals surface area contributed by atoms with E-state index in [1.165, 1.54) is 19.3 Å². The second-order valence-corrected chi connectivity index (χ2v) is 7.82. The minimum atomic E-state index is 0.220. The fourth-order valence-corrected chi connectivity index (χ4v) is 3.78. The molecule has 0 aliphatic heterocycles. The summed E-state index contributed by atoms with van der Waals surface area (Å²) < 4.78 is 0. The van der Waals surface area contributed by atoms with Crippen LogP contribution in [0.15, 0.2) is 30.3 Å². The normalized spacial score (nSPS) is 17.5. The van der Waals surface area contributed by atoms with Crippen molar-refractivity contribution in [1.29, 1.82) is 0 Å². The van der Waals surface area contributed by atoms with Crippen molar-refractivity contribution < 1.29 is 4.79 Å². The molecule has 0 N–H and O–H groups in total. The first-order chi connectivity index (χ1) is 11.0. The molecule has 1 saturated carbocycles. The van der Waals surface area contributed by atoms with Crippen LogP contribution in [0.1, 0.15) is 66.2 Å². The lowest BCUT2D eigenvalue weighted by Gasteiger charge is -2.38.